The minimum Gasteiger partial charge on any atom is -0.461 e. The largest absolute Gasteiger partial charge is 0.461 e. The van der Waals surface area contributed by atoms with Crippen molar-refractivity contribution in [2.75, 3.05) is 13.2 Å². The first-order valence-electron chi connectivity index (χ1n) is 9.74. The summed E-state index contributed by atoms with van der Waals surface area (Å²) in [7, 11) is 0. The molecule has 0 fully saturated rings. The van der Waals surface area contributed by atoms with Gasteiger partial charge in [0.1, 0.15) is 5.69 Å². The van der Waals surface area contributed by atoms with Gasteiger partial charge < -0.3 is 14.5 Å². The molecule has 0 aliphatic rings. The molecule has 1 N–H and O–H groups in total. The summed E-state index contributed by atoms with van der Waals surface area (Å²) in [4.78, 5) is 28.3. The Labute approximate surface area is 173 Å². The van der Waals surface area contributed by atoms with Gasteiger partial charge in [0.25, 0.3) is 0 Å². The highest BCUT2D eigenvalue weighted by Crippen LogP contribution is 2.35. The van der Waals surface area contributed by atoms with Crippen LogP contribution in [0.3, 0.4) is 0 Å². The number of hydrogen-bond acceptors (Lipinski definition) is 5. The van der Waals surface area contributed by atoms with E-state index in [1.165, 1.54) is 0 Å². The highest BCUT2D eigenvalue weighted by Gasteiger charge is 2.26. The third kappa shape index (κ3) is 3.45. The molecule has 0 amide bonds. The molecule has 4 rings (SSSR count). The van der Waals surface area contributed by atoms with Crippen LogP contribution in [-0.2, 0) is 9.47 Å². The molecule has 0 atom stereocenters. The maximum atomic E-state index is 12.7. The van der Waals surface area contributed by atoms with E-state index in [1.807, 2.05) is 54.6 Å². The van der Waals surface area contributed by atoms with Gasteiger partial charge in [-0.15, -0.1) is 0 Å². The number of fused-ring (bicyclic) bond motifs is 1. The summed E-state index contributed by atoms with van der Waals surface area (Å²) in [5.41, 5.74) is 3.22. The van der Waals surface area contributed by atoms with Crippen LogP contribution in [0.1, 0.15) is 34.8 Å². The van der Waals surface area contributed by atoms with E-state index in [9.17, 15) is 9.59 Å². The van der Waals surface area contributed by atoms with Gasteiger partial charge in [0.05, 0.1) is 24.6 Å². The SMILES string of the molecule is CCOC(=O)c1cc(-c2c(C(=O)OCC)[nH]c3ccccc23)n(-c2ccccc2)n1. The molecule has 0 saturated carbocycles. The Bertz CT molecular complexity index is 1210. The minimum atomic E-state index is -0.522. The first-order valence-corrected chi connectivity index (χ1v) is 9.74. The number of esters is 2. The lowest BCUT2D eigenvalue weighted by Gasteiger charge is -2.09. The van der Waals surface area contributed by atoms with Crippen molar-refractivity contribution in [2.45, 2.75) is 13.8 Å². The van der Waals surface area contributed by atoms with Gasteiger partial charge >= 0.3 is 11.9 Å². The molecule has 30 heavy (non-hydrogen) atoms. The number of ether oxygens (including phenoxy) is 2. The first kappa shape index (κ1) is 19.4. The smallest absolute Gasteiger partial charge is 0.358 e. The number of benzene rings is 2. The average molecular weight is 403 g/mol. The number of carbonyl (C=O) groups is 2. The van der Waals surface area contributed by atoms with Gasteiger partial charge in [0.15, 0.2) is 5.69 Å². The van der Waals surface area contributed by atoms with E-state index in [0.717, 1.165) is 16.6 Å². The normalized spacial score (nSPS) is 10.9. The first-order chi connectivity index (χ1) is 14.6. The molecule has 2 aromatic carbocycles. The van der Waals surface area contributed by atoms with Crippen LogP contribution < -0.4 is 0 Å². The number of rotatable bonds is 6. The van der Waals surface area contributed by atoms with Crippen molar-refractivity contribution < 1.29 is 19.1 Å². The number of aromatic nitrogens is 3. The molecule has 152 valence electrons. The second kappa shape index (κ2) is 8.24. The van der Waals surface area contributed by atoms with Crippen molar-refractivity contribution >= 4 is 22.8 Å². The van der Waals surface area contributed by atoms with Crippen LogP contribution in [-0.4, -0.2) is 39.9 Å². The minimum absolute atomic E-state index is 0.163. The maximum absolute atomic E-state index is 12.7. The molecule has 4 aromatic rings. The van der Waals surface area contributed by atoms with Crippen LogP contribution in [0.2, 0.25) is 0 Å². The highest BCUT2D eigenvalue weighted by atomic mass is 16.5. The molecule has 2 heterocycles. The lowest BCUT2D eigenvalue weighted by Crippen LogP contribution is -2.08. The Morgan fingerprint density at radius 3 is 2.33 bits per heavy atom. The molecule has 0 aliphatic heterocycles. The van der Waals surface area contributed by atoms with E-state index >= 15 is 0 Å². The summed E-state index contributed by atoms with van der Waals surface area (Å²) in [6.45, 7) is 3.99. The number of para-hydroxylation sites is 2. The lowest BCUT2D eigenvalue weighted by atomic mass is 10.1. The van der Waals surface area contributed by atoms with Crippen molar-refractivity contribution in [1.29, 1.82) is 0 Å². The van der Waals surface area contributed by atoms with Crippen molar-refractivity contribution in [1.82, 2.24) is 14.8 Å². The fourth-order valence-electron chi connectivity index (χ4n) is 3.39. The van der Waals surface area contributed by atoms with E-state index < -0.39 is 11.9 Å². The summed E-state index contributed by atoms with van der Waals surface area (Å²) in [5, 5.41) is 5.31. The topological polar surface area (TPSA) is 86.2 Å². The quantitative estimate of drug-likeness (QED) is 0.483. The molecule has 2 aromatic heterocycles. The predicted octanol–water partition coefficient (Wildman–Crippen LogP) is 4.37. The highest BCUT2D eigenvalue weighted by molar-refractivity contribution is 6.08. The molecular weight excluding hydrogens is 382 g/mol. The zero-order valence-corrected chi connectivity index (χ0v) is 16.7. The fraction of sp³-hybridized carbons (Fsp3) is 0.174. The van der Waals surface area contributed by atoms with Crippen molar-refractivity contribution in [3.8, 4) is 16.9 Å². The van der Waals surface area contributed by atoms with Crippen molar-refractivity contribution in [3.05, 3.63) is 72.1 Å². The zero-order valence-electron chi connectivity index (χ0n) is 16.7. The number of nitrogens with zero attached hydrogens (tertiary/aromatic N) is 2. The summed E-state index contributed by atoms with van der Waals surface area (Å²) in [6.07, 6.45) is 0. The van der Waals surface area contributed by atoms with E-state index in [-0.39, 0.29) is 18.9 Å². The van der Waals surface area contributed by atoms with Crippen LogP contribution in [0, 0.1) is 0 Å². The molecule has 0 bridgehead atoms. The Morgan fingerprint density at radius 1 is 0.933 bits per heavy atom. The van der Waals surface area contributed by atoms with Crippen molar-refractivity contribution in [3.63, 3.8) is 0 Å². The van der Waals surface area contributed by atoms with Crippen LogP contribution in [0.5, 0.6) is 0 Å². The Kier molecular flexibility index (Phi) is 5.34. The summed E-state index contributed by atoms with van der Waals surface area (Å²) in [5.74, 6) is -0.992. The van der Waals surface area contributed by atoms with Crippen LogP contribution in [0.25, 0.3) is 27.8 Å². The molecule has 0 unspecified atom stereocenters. The standard InChI is InChI=1S/C23H21N3O4/c1-3-29-22(27)18-14-19(26(25-18)15-10-6-5-7-11-15)20-16-12-8-9-13-17(16)24-21(20)23(28)30-4-2/h5-14,24H,3-4H2,1-2H3. The van der Waals surface area contributed by atoms with Crippen molar-refractivity contribution in [2.24, 2.45) is 0 Å². The second-order valence-electron chi connectivity index (χ2n) is 6.52. The number of aromatic amines is 1. The molecule has 7 heteroatoms. The van der Waals surface area contributed by atoms with E-state index in [1.54, 1.807) is 24.6 Å². The third-order valence-corrected chi connectivity index (χ3v) is 4.64. The zero-order chi connectivity index (χ0) is 21.1. The van der Waals surface area contributed by atoms with Crippen LogP contribution in [0.15, 0.2) is 60.7 Å². The molecule has 0 spiro atoms. The fourth-order valence-corrected chi connectivity index (χ4v) is 3.39. The molecule has 7 nitrogen and oxygen atoms in total. The Morgan fingerprint density at radius 2 is 1.60 bits per heavy atom. The molecular formula is C23H21N3O4. The van der Waals surface area contributed by atoms with E-state index in [4.69, 9.17) is 9.47 Å². The summed E-state index contributed by atoms with van der Waals surface area (Å²) in [6, 6.07) is 18.6. The second-order valence-corrected chi connectivity index (χ2v) is 6.52. The van der Waals surface area contributed by atoms with E-state index in [2.05, 4.69) is 10.1 Å². The van der Waals surface area contributed by atoms with Gasteiger partial charge in [-0.1, -0.05) is 36.4 Å². The number of carbonyl (C=O) groups excluding carboxylic acids is 2. The van der Waals surface area contributed by atoms with Gasteiger partial charge in [-0.2, -0.15) is 5.10 Å². The predicted molar refractivity (Wildman–Crippen MR) is 113 cm³/mol. The molecule has 0 aliphatic carbocycles. The summed E-state index contributed by atoms with van der Waals surface area (Å²) >= 11 is 0. The third-order valence-electron chi connectivity index (χ3n) is 4.64. The van der Waals surface area contributed by atoms with Gasteiger partial charge in [0.2, 0.25) is 0 Å². The number of hydrogen-bond donors (Lipinski definition) is 1. The number of H-pyrrole nitrogens is 1. The van der Waals surface area contributed by atoms with Crippen LogP contribution >= 0.6 is 0 Å². The van der Waals surface area contributed by atoms with Gasteiger partial charge in [-0.25, -0.2) is 14.3 Å². The summed E-state index contributed by atoms with van der Waals surface area (Å²) < 4.78 is 12.0. The monoisotopic (exact) mass is 403 g/mol. The van der Waals surface area contributed by atoms with Gasteiger partial charge in [-0.3, -0.25) is 0 Å². The Hall–Kier alpha value is -3.87. The average Bonchev–Trinajstić information content (AvgIpc) is 3.36. The molecule has 0 saturated heterocycles. The van der Waals surface area contributed by atoms with Gasteiger partial charge in [-0.05, 0) is 38.1 Å². The maximum Gasteiger partial charge on any atom is 0.358 e. The van der Waals surface area contributed by atoms with Crippen LogP contribution in [0.4, 0.5) is 0 Å². The van der Waals surface area contributed by atoms with Gasteiger partial charge in [0, 0.05) is 16.5 Å². The lowest BCUT2D eigenvalue weighted by molar-refractivity contribution is 0.0511. The number of nitrogens with one attached hydrogen (secondary N) is 1. The van der Waals surface area contributed by atoms with E-state index in [0.29, 0.717) is 17.0 Å². The Balaban J connectivity index is 2.00. The molecule has 0 radical (unpaired) electrons.